The highest BCUT2D eigenvalue weighted by Gasteiger charge is 2.25. The molecule has 1 aliphatic heterocycles. The lowest BCUT2D eigenvalue weighted by molar-refractivity contribution is 0.664. The lowest BCUT2D eigenvalue weighted by atomic mass is 10.0. The minimum Gasteiger partial charge on any atom is -0.275 e. The third-order valence-corrected chi connectivity index (χ3v) is 5.08. The highest BCUT2D eigenvalue weighted by atomic mass is 35.5. The van der Waals surface area contributed by atoms with Crippen molar-refractivity contribution in [2.24, 2.45) is 4.99 Å². The van der Waals surface area contributed by atoms with Crippen molar-refractivity contribution in [1.82, 2.24) is 9.55 Å². The van der Waals surface area contributed by atoms with Gasteiger partial charge in [0, 0.05) is 11.4 Å². The number of nitrogens with zero attached hydrogens (tertiary/aromatic N) is 3. The molecule has 0 saturated heterocycles. The van der Waals surface area contributed by atoms with Crippen LogP contribution in [0.2, 0.25) is 5.02 Å². The van der Waals surface area contributed by atoms with Crippen molar-refractivity contribution in [3.05, 3.63) is 64.9 Å². The zero-order chi connectivity index (χ0) is 15.8. The third kappa shape index (κ3) is 2.66. The maximum Gasteiger partial charge on any atom is 0.170 e. The van der Waals surface area contributed by atoms with Crippen molar-refractivity contribution >= 4 is 39.6 Å². The summed E-state index contributed by atoms with van der Waals surface area (Å²) in [7, 11) is 0. The first-order valence-corrected chi connectivity index (χ1v) is 9.05. The smallest absolute Gasteiger partial charge is 0.170 e. The molecular formula is C18H16ClN3S. The summed E-state index contributed by atoms with van der Waals surface area (Å²) in [6.45, 7) is 2.15. The van der Waals surface area contributed by atoms with Gasteiger partial charge in [-0.2, -0.15) is 0 Å². The molecule has 3 nitrogen and oxygen atoms in total. The van der Waals surface area contributed by atoms with Crippen LogP contribution in [0.25, 0.3) is 11.0 Å². The van der Waals surface area contributed by atoms with E-state index >= 15 is 0 Å². The van der Waals surface area contributed by atoms with Gasteiger partial charge in [-0.25, -0.2) is 4.98 Å². The van der Waals surface area contributed by atoms with E-state index in [1.165, 1.54) is 5.56 Å². The van der Waals surface area contributed by atoms with E-state index in [1.807, 2.05) is 18.2 Å². The molecule has 3 aromatic rings. The summed E-state index contributed by atoms with van der Waals surface area (Å²) < 4.78 is 2.20. The third-order valence-electron chi connectivity index (χ3n) is 3.99. The first-order chi connectivity index (χ1) is 11.3. The van der Waals surface area contributed by atoms with Crippen LogP contribution in [0.5, 0.6) is 0 Å². The number of rotatable bonds is 2. The number of halogens is 1. The van der Waals surface area contributed by atoms with Crippen molar-refractivity contribution in [2.75, 3.05) is 5.75 Å². The van der Waals surface area contributed by atoms with E-state index in [0.29, 0.717) is 0 Å². The fourth-order valence-corrected chi connectivity index (χ4v) is 3.86. The summed E-state index contributed by atoms with van der Waals surface area (Å²) in [4.78, 5) is 9.82. The monoisotopic (exact) mass is 341 g/mol. The maximum atomic E-state index is 6.01. The molecule has 0 spiro atoms. The Morgan fingerprint density at radius 1 is 1.17 bits per heavy atom. The van der Waals surface area contributed by atoms with Gasteiger partial charge in [-0.1, -0.05) is 54.6 Å². The van der Waals surface area contributed by atoms with Gasteiger partial charge < -0.3 is 0 Å². The minimum atomic E-state index is 0.102. The lowest BCUT2D eigenvalue weighted by Gasteiger charge is -2.22. The average molecular weight is 342 g/mol. The van der Waals surface area contributed by atoms with Crippen LogP contribution in [-0.2, 0) is 6.42 Å². The summed E-state index contributed by atoms with van der Waals surface area (Å²) in [5.41, 5.74) is 3.35. The van der Waals surface area contributed by atoms with E-state index in [2.05, 4.69) is 41.8 Å². The van der Waals surface area contributed by atoms with Crippen molar-refractivity contribution in [3.63, 3.8) is 0 Å². The number of benzene rings is 2. The molecule has 0 N–H and O–H groups in total. The van der Waals surface area contributed by atoms with Gasteiger partial charge in [-0.05, 0) is 35.6 Å². The Labute approximate surface area is 144 Å². The number of hydrogen-bond donors (Lipinski definition) is 0. The predicted octanol–water partition coefficient (Wildman–Crippen LogP) is 4.94. The molecule has 0 saturated carbocycles. The van der Waals surface area contributed by atoms with Gasteiger partial charge in [0.05, 0.1) is 17.1 Å². The van der Waals surface area contributed by atoms with Crippen LogP contribution >= 0.6 is 23.4 Å². The van der Waals surface area contributed by atoms with E-state index < -0.39 is 0 Å². The molecule has 1 unspecified atom stereocenters. The van der Waals surface area contributed by atoms with Crippen LogP contribution < -0.4 is 0 Å². The van der Waals surface area contributed by atoms with Gasteiger partial charge in [0.1, 0.15) is 5.82 Å². The highest BCUT2D eigenvalue weighted by molar-refractivity contribution is 8.13. The van der Waals surface area contributed by atoms with E-state index in [9.17, 15) is 0 Å². The van der Waals surface area contributed by atoms with Gasteiger partial charge in [-0.3, -0.25) is 9.56 Å². The molecule has 1 aromatic heterocycles. The molecule has 0 radical (unpaired) electrons. The van der Waals surface area contributed by atoms with Crippen LogP contribution in [0.1, 0.15) is 24.4 Å². The van der Waals surface area contributed by atoms with E-state index in [0.717, 1.165) is 39.2 Å². The van der Waals surface area contributed by atoms with Gasteiger partial charge in [0.25, 0.3) is 0 Å². The first kappa shape index (κ1) is 14.8. The van der Waals surface area contributed by atoms with Crippen LogP contribution in [0, 0.1) is 0 Å². The summed E-state index contributed by atoms with van der Waals surface area (Å²) >= 11 is 7.77. The number of imidazole rings is 1. The van der Waals surface area contributed by atoms with Gasteiger partial charge in [0.2, 0.25) is 0 Å². The van der Waals surface area contributed by atoms with Crippen LogP contribution in [0.4, 0.5) is 0 Å². The van der Waals surface area contributed by atoms with Crippen LogP contribution in [0.3, 0.4) is 0 Å². The van der Waals surface area contributed by atoms with E-state index in [-0.39, 0.29) is 6.04 Å². The molecule has 5 heteroatoms. The Balaban J connectivity index is 1.83. The Morgan fingerprint density at radius 2 is 1.96 bits per heavy atom. The second kappa shape index (κ2) is 6.02. The Kier molecular flexibility index (Phi) is 3.87. The minimum absolute atomic E-state index is 0.102. The molecule has 1 atom stereocenters. The van der Waals surface area contributed by atoms with Crippen LogP contribution in [-0.4, -0.2) is 20.5 Å². The molecule has 0 fully saturated rings. The quantitative estimate of drug-likeness (QED) is 0.660. The molecule has 0 bridgehead atoms. The summed E-state index contributed by atoms with van der Waals surface area (Å²) in [5.74, 6) is 2.06. The first-order valence-electron chi connectivity index (χ1n) is 7.69. The second-order valence-corrected chi connectivity index (χ2v) is 7.14. The summed E-state index contributed by atoms with van der Waals surface area (Å²) in [6.07, 6.45) is 0.810. The van der Waals surface area contributed by atoms with Gasteiger partial charge >= 0.3 is 0 Å². The number of thioether (sulfide) groups is 1. The topological polar surface area (TPSA) is 30.2 Å². The number of para-hydroxylation sites is 2. The van der Waals surface area contributed by atoms with Crippen molar-refractivity contribution in [2.45, 2.75) is 19.4 Å². The molecule has 2 heterocycles. The predicted molar refractivity (Wildman–Crippen MR) is 98.6 cm³/mol. The second-order valence-electron chi connectivity index (χ2n) is 5.47. The lowest BCUT2D eigenvalue weighted by Crippen LogP contribution is -2.21. The van der Waals surface area contributed by atoms with Crippen molar-refractivity contribution in [1.29, 1.82) is 0 Å². The van der Waals surface area contributed by atoms with Gasteiger partial charge in [0.15, 0.2) is 5.17 Å². The number of fused-ring (bicyclic) bond motifs is 3. The van der Waals surface area contributed by atoms with E-state index in [1.54, 1.807) is 11.8 Å². The summed E-state index contributed by atoms with van der Waals surface area (Å²) in [5, 5.41) is 1.78. The number of aromatic nitrogens is 2. The van der Waals surface area contributed by atoms with Crippen molar-refractivity contribution in [3.8, 4) is 0 Å². The fourth-order valence-electron chi connectivity index (χ4n) is 2.94. The molecule has 23 heavy (non-hydrogen) atoms. The fraction of sp³-hybridized carbons (Fsp3) is 0.222. The SMILES string of the molecule is CCSC1=NC(c2ccc(Cl)cc2)Cc2nc3ccccc3n21. The Morgan fingerprint density at radius 3 is 2.74 bits per heavy atom. The normalized spacial score (nSPS) is 17.1. The molecule has 4 rings (SSSR count). The zero-order valence-corrected chi connectivity index (χ0v) is 14.3. The molecule has 1 aliphatic rings. The Hall–Kier alpha value is -1.78. The molecular weight excluding hydrogens is 326 g/mol. The average Bonchev–Trinajstić information content (AvgIpc) is 2.94. The largest absolute Gasteiger partial charge is 0.275 e. The molecule has 0 aliphatic carbocycles. The highest BCUT2D eigenvalue weighted by Crippen LogP contribution is 2.32. The maximum absolute atomic E-state index is 6.01. The van der Waals surface area contributed by atoms with Crippen LogP contribution in [0.15, 0.2) is 53.5 Å². The van der Waals surface area contributed by atoms with E-state index in [4.69, 9.17) is 21.6 Å². The molecule has 0 amide bonds. The van der Waals surface area contributed by atoms with Gasteiger partial charge in [-0.15, -0.1) is 0 Å². The molecule has 2 aromatic carbocycles. The molecule has 116 valence electrons. The van der Waals surface area contributed by atoms with Crippen molar-refractivity contribution < 1.29 is 0 Å². The Bertz CT molecular complexity index is 883. The number of hydrogen-bond acceptors (Lipinski definition) is 3. The standard InChI is InChI=1S/C18H16ClN3S/c1-2-23-18-21-15(12-7-9-13(19)10-8-12)11-17-20-14-5-3-4-6-16(14)22(17)18/h3-10,15H,2,11H2,1H3. The summed E-state index contributed by atoms with van der Waals surface area (Å²) in [6, 6.07) is 16.3. The number of aliphatic imine (C=N–C) groups is 1. The zero-order valence-electron chi connectivity index (χ0n) is 12.7.